The van der Waals surface area contributed by atoms with E-state index in [1.807, 2.05) is 0 Å². The molecule has 0 saturated carbocycles. The summed E-state index contributed by atoms with van der Waals surface area (Å²) in [6.07, 6.45) is 4.13. The maximum atomic E-state index is 11.8. The topological polar surface area (TPSA) is 91.3 Å². The predicted molar refractivity (Wildman–Crippen MR) is 73.3 cm³/mol. The molecule has 0 radical (unpaired) electrons. The van der Waals surface area contributed by atoms with Gasteiger partial charge in [0, 0.05) is 12.6 Å². The minimum atomic E-state index is -0.992. The van der Waals surface area contributed by atoms with Gasteiger partial charge in [0.2, 0.25) is 5.91 Å². The lowest BCUT2D eigenvalue weighted by atomic mass is 9.96. The van der Waals surface area contributed by atoms with Crippen molar-refractivity contribution in [3.63, 3.8) is 0 Å². The fourth-order valence-electron chi connectivity index (χ4n) is 2.33. The van der Waals surface area contributed by atoms with Crippen LogP contribution in [0.1, 0.15) is 35.3 Å². The number of pyridine rings is 1. The summed E-state index contributed by atoms with van der Waals surface area (Å²) >= 11 is 0. The van der Waals surface area contributed by atoms with Crippen LogP contribution in [-0.2, 0) is 11.3 Å². The number of amides is 1. The Balaban J connectivity index is 1.80. The predicted octanol–water partition coefficient (Wildman–Crippen LogP) is 0.786. The molecule has 1 aromatic rings. The Labute approximate surface area is 117 Å². The summed E-state index contributed by atoms with van der Waals surface area (Å²) in [6.45, 7) is 2.18. The fourth-order valence-corrected chi connectivity index (χ4v) is 2.33. The van der Waals surface area contributed by atoms with Gasteiger partial charge in [-0.3, -0.25) is 9.78 Å². The first kappa shape index (κ1) is 14.5. The Hall–Kier alpha value is -1.95. The lowest BCUT2D eigenvalue weighted by molar-refractivity contribution is -0.122. The number of carbonyl (C=O) groups is 2. The quantitative estimate of drug-likeness (QED) is 0.740. The average molecular weight is 277 g/mol. The number of carboxylic acids is 1. The van der Waals surface area contributed by atoms with Crippen LogP contribution in [0.25, 0.3) is 0 Å². The smallest absolute Gasteiger partial charge is 0.335 e. The van der Waals surface area contributed by atoms with Crippen LogP contribution in [-0.4, -0.2) is 35.1 Å². The first-order valence-corrected chi connectivity index (χ1v) is 6.81. The van der Waals surface area contributed by atoms with E-state index in [-0.39, 0.29) is 18.0 Å². The summed E-state index contributed by atoms with van der Waals surface area (Å²) in [6, 6.07) is 2.91. The maximum absolute atomic E-state index is 11.8. The molecule has 6 nitrogen and oxygen atoms in total. The number of rotatable bonds is 5. The van der Waals surface area contributed by atoms with Gasteiger partial charge in [0.15, 0.2) is 0 Å². The number of carboxylic acid groups (broad SMARTS) is 1. The summed E-state index contributed by atoms with van der Waals surface area (Å²) in [5.74, 6) is -0.614. The first-order valence-electron chi connectivity index (χ1n) is 6.81. The normalized spacial score (nSPS) is 18.5. The summed E-state index contributed by atoms with van der Waals surface area (Å²) in [5.41, 5.74) is 0.737. The highest BCUT2D eigenvalue weighted by atomic mass is 16.4. The molecule has 1 aromatic heterocycles. The molecule has 1 aliphatic heterocycles. The Morgan fingerprint density at radius 2 is 2.35 bits per heavy atom. The van der Waals surface area contributed by atoms with Crippen molar-refractivity contribution in [1.82, 2.24) is 15.6 Å². The van der Waals surface area contributed by atoms with E-state index in [1.165, 1.54) is 18.3 Å². The van der Waals surface area contributed by atoms with E-state index in [0.29, 0.717) is 18.0 Å². The zero-order valence-corrected chi connectivity index (χ0v) is 11.3. The van der Waals surface area contributed by atoms with Crippen molar-refractivity contribution in [2.75, 3.05) is 13.1 Å². The Bertz CT molecular complexity index is 484. The van der Waals surface area contributed by atoms with Crippen molar-refractivity contribution < 1.29 is 14.7 Å². The van der Waals surface area contributed by atoms with Crippen LogP contribution in [0.15, 0.2) is 18.3 Å². The van der Waals surface area contributed by atoms with Gasteiger partial charge in [-0.25, -0.2) is 4.79 Å². The number of aromatic carboxylic acids is 1. The van der Waals surface area contributed by atoms with Gasteiger partial charge in [-0.05, 0) is 44.0 Å². The number of piperidine rings is 1. The van der Waals surface area contributed by atoms with Crippen molar-refractivity contribution in [2.24, 2.45) is 5.92 Å². The summed E-state index contributed by atoms with van der Waals surface area (Å²) in [5, 5.41) is 14.9. The number of nitrogens with zero attached hydrogens (tertiary/aromatic N) is 1. The average Bonchev–Trinajstić information content (AvgIpc) is 2.46. The molecule has 2 heterocycles. The van der Waals surface area contributed by atoms with Gasteiger partial charge < -0.3 is 15.7 Å². The van der Waals surface area contributed by atoms with Gasteiger partial charge in [-0.2, -0.15) is 0 Å². The molecular weight excluding hydrogens is 258 g/mol. The second kappa shape index (κ2) is 7.00. The highest BCUT2D eigenvalue weighted by Gasteiger charge is 2.16. The molecule has 1 unspecified atom stereocenters. The summed E-state index contributed by atoms with van der Waals surface area (Å²) in [7, 11) is 0. The minimum absolute atomic E-state index is 0.0128. The van der Waals surface area contributed by atoms with Crippen molar-refractivity contribution in [1.29, 1.82) is 0 Å². The molecule has 1 saturated heterocycles. The number of nitrogens with one attached hydrogen (secondary N) is 2. The molecule has 1 atom stereocenters. The van der Waals surface area contributed by atoms with E-state index >= 15 is 0 Å². The molecule has 0 spiro atoms. The molecule has 1 aliphatic rings. The highest BCUT2D eigenvalue weighted by Crippen LogP contribution is 2.13. The number of hydrogen-bond acceptors (Lipinski definition) is 4. The fraction of sp³-hybridized carbons (Fsp3) is 0.500. The molecule has 2 rings (SSSR count). The van der Waals surface area contributed by atoms with Gasteiger partial charge in [0.1, 0.15) is 0 Å². The van der Waals surface area contributed by atoms with E-state index in [0.717, 1.165) is 25.9 Å². The third-order valence-electron chi connectivity index (χ3n) is 3.40. The van der Waals surface area contributed by atoms with Crippen LogP contribution in [0.5, 0.6) is 0 Å². The monoisotopic (exact) mass is 277 g/mol. The van der Waals surface area contributed by atoms with Gasteiger partial charge >= 0.3 is 5.97 Å². The first-order chi connectivity index (χ1) is 9.65. The molecular formula is C14H19N3O3. The zero-order chi connectivity index (χ0) is 14.4. The zero-order valence-electron chi connectivity index (χ0n) is 11.3. The second-order valence-electron chi connectivity index (χ2n) is 5.03. The maximum Gasteiger partial charge on any atom is 0.335 e. The Morgan fingerprint density at radius 3 is 3.05 bits per heavy atom. The minimum Gasteiger partial charge on any atom is -0.478 e. The number of aromatic nitrogens is 1. The molecule has 1 fully saturated rings. The van der Waals surface area contributed by atoms with Crippen molar-refractivity contribution in [3.8, 4) is 0 Å². The van der Waals surface area contributed by atoms with E-state index < -0.39 is 5.97 Å². The van der Waals surface area contributed by atoms with Gasteiger partial charge in [-0.1, -0.05) is 0 Å². The lowest BCUT2D eigenvalue weighted by Crippen LogP contribution is -2.34. The van der Waals surface area contributed by atoms with Crippen LogP contribution in [0.2, 0.25) is 0 Å². The second-order valence-corrected chi connectivity index (χ2v) is 5.03. The highest BCUT2D eigenvalue weighted by molar-refractivity contribution is 5.87. The molecule has 20 heavy (non-hydrogen) atoms. The van der Waals surface area contributed by atoms with E-state index in [9.17, 15) is 9.59 Å². The summed E-state index contributed by atoms with van der Waals surface area (Å²) < 4.78 is 0. The van der Waals surface area contributed by atoms with E-state index in [4.69, 9.17) is 5.11 Å². The Morgan fingerprint density at radius 1 is 1.50 bits per heavy atom. The van der Waals surface area contributed by atoms with Crippen LogP contribution in [0.4, 0.5) is 0 Å². The van der Waals surface area contributed by atoms with Crippen molar-refractivity contribution in [2.45, 2.75) is 25.8 Å². The SMILES string of the molecule is O=C(CC1CCCNC1)NCc1cc(C(=O)O)ccn1. The largest absolute Gasteiger partial charge is 0.478 e. The van der Waals surface area contributed by atoms with Crippen LogP contribution >= 0.6 is 0 Å². The van der Waals surface area contributed by atoms with Crippen LogP contribution in [0, 0.1) is 5.92 Å². The molecule has 0 bridgehead atoms. The van der Waals surface area contributed by atoms with Gasteiger partial charge in [0.25, 0.3) is 0 Å². The molecule has 108 valence electrons. The molecule has 3 N–H and O–H groups in total. The van der Waals surface area contributed by atoms with Gasteiger partial charge in [0.05, 0.1) is 17.8 Å². The lowest BCUT2D eigenvalue weighted by Gasteiger charge is -2.22. The molecule has 0 aromatic carbocycles. The van der Waals surface area contributed by atoms with Gasteiger partial charge in [-0.15, -0.1) is 0 Å². The van der Waals surface area contributed by atoms with E-state index in [1.54, 1.807) is 0 Å². The Kier molecular flexibility index (Phi) is 5.06. The van der Waals surface area contributed by atoms with E-state index in [2.05, 4.69) is 15.6 Å². The molecule has 6 heteroatoms. The molecule has 1 amide bonds. The van der Waals surface area contributed by atoms with Crippen molar-refractivity contribution >= 4 is 11.9 Å². The third-order valence-corrected chi connectivity index (χ3v) is 3.40. The molecule has 0 aliphatic carbocycles. The van der Waals surface area contributed by atoms with Crippen LogP contribution < -0.4 is 10.6 Å². The number of hydrogen-bond donors (Lipinski definition) is 3. The van der Waals surface area contributed by atoms with Crippen LogP contribution in [0.3, 0.4) is 0 Å². The van der Waals surface area contributed by atoms with Crippen molar-refractivity contribution in [3.05, 3.63) is 29.6 Å². The summed E-state index contributed by atoms with van der Waals surface area (Å²) in [4.78, 5) is 26.7. The standard InChI is InChI=1S/C14H19N3O3/c18-13(6-10-2-1-4-15-8-10)17-9-12-7-11(14(19)20)3-5-16-12/h3,5,7,10,15H,1-2,4,6,8-9H2,(H,17,18)(H,19,20). The third kappa shape index (κ3) is 4.31. The number of carbonyl (C=O) groups excluding carboxylic acids is 1.